The van der Waals surface area contributed by atoms with Crippen LogP contribution < -0.4 is 14.4 Å². The summed E-state index contributed by atoms with van der Waals surface area (Å²) in [4.78, 5) is 11.5. The number of aromatic nitrogens is 1. The van der Waals surface area contributed by atoms with Crippen molar-refractivity contribution in [1.29, 1.82) is 0 Å². The van der Waals surface area contributed by atoms with Crippen molar-refractivity contribution in [2.75, 3.05) is 48.6 Å². The fourth-order valence-corrected chi connectivity index (χ4v) is 6.13. The Kier molecular flexibility index (Phi) is 8.96. The summed E-state index contributed by atoms with van der Waals surface area (Å²) in [5.41, 5.74) is 1.30. The van der Waals surface area contributed by atoms with Gasteiger partial charge in [0.15, 0.2) is 0 Å². The number of piperidine rings is 1. The number of ether oxygens (including phenoxy) is 1. The second kappa shape index (κ2) is 11.8. The molecule has 0 bridgehead atoms. The van der Waals surface area contributed by atoms with Crippen molar-refractivity contribution in [1.82, 2.24) is 14.8 Å². The first kappa shape index (κ1) is 28.7. The lowest BCUT2D eigenvalue weighted by atomic mass is 9.98. The van der Waals surface area contributed by atoms with Gasteiger partial charge in [0.1, 0.15) is 11.6 Å². The molecule has 0 spiro atoms. The number of nitrogens with zero attached hydrogens (tertiary/aromatic N) is 4. The third-order valence-corrected chi connectivity index (χ3v) is 7.90. The standard InChI is InChI=1S/C25H33ClF3N5O3S/c1-3-20-17-33(24-23(26)14-19(15-30-24)31-38(2,35)36)12-13-34(20)21-8-10-32(11-9-21)16-18-4-6-22(7-5-18)37-25(27,28)29/h4-7,14-15,20-21,31H,3,8-13,16-17H2,1-2H3. The van der Waals surface area contributed by atoms with E-state index in [1.807, 2.05) is 0 Å². The zero-order valence-corrected chi connectivity index (χ0v) is 23.0. The van der Waals surface area contributed by atoms with Gasteiger partial charge in [0.25, 0.3) is 0 Å². The van der Waals surface area contributed by atoms with Gasteiger partial charge in [-0.1, -0.05) is 30.7 Å². The molecule has 0 saturated carbocycles. The van der Waals surface area contributed by atoms with Crippen molar-refractivity contribution in [3.8, 4) is 5.75 Å². The summed E-state index contributed by atoms with van der Waals surface area (Å²) < 4.78 is 66.5. The van der Waals surface area contributed by atoms with Crippen LogP contribution >= 0.6 is 11.6 Å². The normalized spacial score (nSPS) is 20.5. The molecule has 3 heterocycles. The number of pyridine rings is 1. The van der Waals surface area contributed by atoms with Gasteiger partial charge in [0.05, 0.1) is 23.2 Å². The summed E-state index contributed by atoms with van der Waals surface area (Å²) in [6, 6.07) is 8.48. The summed E-state index contributed by atoms with van der Waals surface area (Å²) in [7, 11) is -3.41. The summed E-state index contributed by atoms with van der Waals surface area (Å²) in [6.07, 6.45) is 0.915. The van der Waals surface area contributed by atoms with Gasteiger partial charge < -0.3 is 9.64 Å². The van der Waals surface area contributed by atoms with Crippen LogP contribution in [0.1, 0.15) is 31.7 Å². The molecule has 2 aliphatic rings. The smallest absolute Gasteiger partial charge is 0.406 e. The maximum atomic E-state index is 12.4. The number of nitrogens with one attached hydrogen (secondary N) is 1. The zero-order valence-electron chi connectivity index (χ0n) is 21.4. The van der Waals surface area contributed by atoms with E-state index < -0.39 is 16.4 Å². The third-order valence-electron chi connectivity index (χ3n) is 7.01. The molecule has 210 valence electrons. The molecule has 2 aromatic rings. The highest BCUT2D eigenvalue weighted by Crippen LogP contribution is 2.31. The van der Waals surface area contributed by atoms with Crippen LogP contribution in [-0.2, 0) is 16.6 Å². The fourth-order valence-electron chi connectivity index (χ4n) is 5.30. The Morgan fingerprint density at radius 3 is 2.39 bits per heavy atom. The lowest BCUT2D eigenvalue weighted by Crippen LogP contribution is -2.58. The Labute approximate surface area is 226 Å². The second-order valence-corrected chi connectivity index (χ2v) is 12.0. The first-order valence-corrected chi connectivity index (χ1v) is 14.9. The highest BCUT2D eigenvalue weighted by Gasteiger charge is 2.34. The average molecular weight is 576 g/mol. The minimum atomic E-state index is -4.68. The molecule has 1 N–H and O–H groups in total. The molecule has 1 unspecified atom stereocenters. The van der Waals surface area contributed by atoms with E-state index in [0.29, 0.717) is 35.2 Å². The van der Waals surface area contributed by atoms with E-state index in [0.717, 1.165) is 63.8 Å². The van der Waals surface area contributed by atoms with E-state index >= 15 is 0 Å². The molecule has 38 heavy (non-hydrogen) atoms. The molecule has 0 aliphatic carbocycles. The highest BCUT2D eigenvalue weighted by molar-refractivity contribution is 7.92. The average Bonchev–Trinajstić information content (AvgIpc) is 2.84. The Morgan fingerprint density at radius 1 is 1.13 bits per heavy atom. The molecule has 8 nitrogen and oxygen atoms in total. The van der Waals surface area contributed by atoms with Crippen molar-refractivity contribution in [2.45, 2.75) is 51.2 Å². The van der Waals surface area contributed by atoms with Crippen LogP contribution in [0.4, 0.5) is 24.7 Å². The third kappa shape index (κ3) is 7.87. The van der Waals surface area contributed by atoms with Gasteiger partial charge in [-0.05, 0) is 56.1 Å². The van der Waals surface area contributed by atoms with Gasteiger partial charge in [0, 0.05) is 38.3 Å². The molecule has 1 aromatic carbocycles. The number of hydrogen-bond donors (Lipinski definition) is 1. The first-order chi connectivity index (χ1) is 17.9. The molecule has 0 amide bonds. The summed E-state index contributed by atoms with van der Waals surface area (Å²) >= 11 is 6.47. The number of halogens is 4. The molecule has 1 atom stereocenters. The van der Waals surface area contributed by atoms with Crippen LogP contribution in [0, 0.1) is 0 Å². The largest absolute Gasteiger partial charge is 0.573 e. The van der Waals surface area contributed by atoms with Crippen molar-refractivity contribution in [2.24, 2.45) is 0 Å². The summed E-state index contributed by atoms with van der Waals surface area (Å²) in [6.45, 7) is 7.15. The number of anilines is 2. The minimum Gasteiger partial charge on any atom is -0.406 e. The number of benzene rings is 1. The number of sulfonamides is 1. The van der Waals surface area contributed by atoms with Gasteiger partial charge in [-0.25, -0.2) is 13.4 Å². The zero-order chi connectivity index (χ0) is 27.5. The number of rotatable bonds is 8. The first-order valence-electron chi connectivity index (χ1n) is 12.6. The molecule has 2 fully saturated rings. The predicted molar refractivity (Wildman–Crippen MR) is 142 cm³/mol. The van der Waals surface area contributed by atoms with E-state index in [2.05, 4.69) is 36.1 Å². The van der Waals surface area contributed by atoms with Crippen molar-refractivity contribution < 1.29 is 26.3 Å². The van der Waals surface area contributed by atoms with E-state index in [1.165, 1.54) is 18.3 Å². The van der Waals surface area contributed by atoms with Gasteiger partial charge in [-0.3, -0.25) is 14.5 Å². The monoisotopic (exact) mass is 575 g/mol. The lowest BCUT2D eigenvalue weighted by Gasteiger charge is -2.47. The van der Waals surface area contributed by atoms with Gasteiger partial charge in [-0.2, -0.15) is 0 Å². The van der Waals surface area contributed by atoms with Crippen molar-refractivity contribution in [3.05, 3.63) is 47.1 Å². The van der Waals surface area contributed by atoms with E-state index in [9.17, 15) is 21.6 Å². The number of piperazine rings is 1. The summed E-state index contributed by atoms with van der Waals surface area (Å²) in [5, 5.41) is 0.410. The SMILES string of the molecule is CCC1CN(c2ncc(NS(C)(=O)=O)cc2Cl)CCN1C1CCN(Cc2ccc(OC(F)(F)F)cc2)CC1. The molecular weight excluding hydrogens is 543 g/mol. The second-order valence-electron chi connectivity index (χ2n) is 9.85. The molecule has 1 aromatic heterocycles. The topological polar surface area (TPSA) is 78.0 Å². The highest BCUT2D eigenvalue weighted by atomic mass is 35.5. The van der Waals surface area contributed by atoms with Crippen LogP contribution in [0.25, 0.3) is 0 Å². The van der Waals surface area contributed by atoms with Crippen molar-refractivity contribution in [3.63, 3.8) is 0 Å². The predicted octanol–water partition coefficient (Wildman–Crippen LogP) is 4.57. The van der Waals surface area contributed by atoms with Crippen LogP contribution in [0.5, 0.6) is 5.75 Å². The number of likely N-dealkylation sites (tertiary alicyclic amines) is 1. The molecule has 2 aliphatic heterocycles. The summed E-state index contributed by atoms with van der Waals surface area (Å²) in [5.74, 6) is 0.452. The minimum absolute atomic E-state index is 0.206. The van der Waals surface area contributed by atoms with Crippen LogP contribution in [0.2, 0.25) is 5.02 Å². The quantitative estimate of drug-likeness (QED) is 0.494. The Bertz CT molecular complexity index is 1190. The van der Waals surface area contributed by atoms with Crippen LogP contribution in [0.3, 0.4) is 0 Å². The molecule has 2 saturated heterocycles. The maximum absolute atomic E-state index is 12.4. The molecule has 4 rings (SSSR count). The molecule has 13 heteroatoms. The Balaban J connectivity index is 1.30. The maximum Gasteiger partial charge on any atom is 0.573 e. The van der Waals surface area contributed by atoms with Gasteiger partial charge in [0.2, 0.25) is 10.0 Å². The van der Waals surface area contributed by atoms with E-state index in [-0.39, 0.29) is 5.75 Å². The van der Waals surface area contributed by atoms with Crippen LogP contribution in [0.15, 0.2) is 36.5 Å². The lowest BCUT2D eigenvalue weighted by molar-refractivity contribution is -0.274. The van der Waals surface area contributed by atoms with E-state index in [1.54, 1.807) is 18.2 Å². The Morgan fingerprint density at radius 2 is 1.82 bits per heavy atom. The molecule has 0 radical (unpaired) electrons. The Hall–Kier alpha value is -2.28. The van der Waals surface area contributed by atoms with Gasteiger partial charge >= 0.3 is 6.36 Å². The van der Waals surface area contributed by atoms with Gasteiger partial charge in [-0.15, -0.1) is 13.2 Å². The fraction of sp³-hybridized carbons (Fsp3) is 0.560. The van der Waals surface area contributed by atoms with Crippen LogP contribution in [-0.4, -0.2) is 80.6 Å². The van der Waals surface area contributed by atoms with Crippen molar-refractivity contribution >= 4 is 33.1 Å². The van der Waals surface area contributed by atoms with E-state index in [4.69, 9.17) is 11.6 Å². The number of alkyl halides is 3. The molecular formula is C25H33ClF3N5O3S. The number of hydrogen-bond acceptors (Lipinski definition) is 7.